The molecule has 12 heavy (non-hydrogen) atoms. The molecule has 0 fully saturated rings. The Morgan fingerprint density at radius 3 is 2.17 bits per heavy atom. The van der Waals surface area contributed by atoms with Gasteiger partial charge in [0.15, 0.2) is 0 Å². The van der Waals surface area contributed by atoms with E-state index in [4.69, 9.17) is 0 Å². The standard InChI is InChI=1S/C10H20N2/c1-5-7-12(8-6-2)10(3)9-11-4/h5-6,10-11H,1-2,7-9H2,3-4H3. The second kappa shape index (κ2) is 7.07. The molecule has 0 aromatic carbocycles. The molecule has 0 heterocycles. The zero-order valence-electron chi connectivity index (χ0n) is 8.21. The molecule has 0 aliphatic heterocycles. The van der Waals surface area contributed by atoms with E-state index in [9.17, 15) is 0 Å². The number of nitrogens with one attached hydrogen (secondary N) is 1. The third-order valence-electron chi connectivity index (χ3n) is 1.85. The second-order valence-electron chi connectivity index (χ2n) is 2.94. The summed E-state index contributed by atoms with van der Waals surface area (Å²) in [6.07, 6.45) is 3.85. The summed E-state index contributed by atoms with van der Waals surface area (Å²) in [4.78, 5) is 2.32. The lowest BCUT2D eigenvalue weighted by molar-refractivity contribution is 0.253. The van der Waals surface area contributed by atoms with Crippen LogP contribution >= 0.6 is 0 Å². The Morgan fingerprint density at radius 2 is 1.83 bits per heavy atom. The smallest absolute Gasteiger partial charge is 0.0198 e. The normalized spacial score (nSPS) is 12.9. The molecule has 1 unspecified atom stereocenters. The van der Waals surface area contributed by atoms with Crippen LogP contribution in [0.2, 0.25) is 0 Å². The van der Waals surface area contributed by atoms with Crippen molar-refractivity contribution in [3.05, 3.63) is 25.3 Å². The Balaban J connectivity index is 3.88. The molecule has 70 valence electrons. The fourth-order valence-electron chi connectivity index (χ4n) is 1.19. The van der Waals surface area contributed by atoms with Crippen LogP contribution in [0.25, 0.3) is 0 Å². The van der Waals surface area contributed by atoms with Gasteiger partial charge < -0.3 is 5.32 Å². The van der Waals surface area contributed by atoms with E-state index in [0.717, 1.165) is 19.6 Å². The Labute approximate surface area is 76.0 Å². The van der Waals surface area contributed by atoms with E-state index < -0.39 is 0 Å². The van der Waals surface area contributed by atoms with Crippen LogP contribution < -0.4 is 5.32 Å². The van der Waals surface area contributed by atoms with Gasteiger partial charge in [-0.15, -0.1) is 13.2 Å². The first-order chi connectivity index (χ1) is 5.76. The van der Waals surface area contributed by atoms with Gasteiger partial charge in [0.05, 0.1) is 0 Å². The molecule has 2 heteroatoms. The topological polar surface area (TPSA) is 15.3 Å². The molecule has 0 amide bonds. The fourth-order valence-corrected chi connectivity index (χ4v) is 1.19. The molecule has 2 nitrogen and oxygen atoms in total. The van der Waals surface area contributed by atoms with E-state index in [2.05, 4.69) is 30.3 Å². The van der Waals surface area contributed by atoms with Crippen molar-refractivity contribution < 1.29 is 0 Å². The minimum Gasteiger partial charge on any atom is -0.318 e. The molecule has 0 saturated carbocycles. The Hall–Kier alpha value is -0.600. The molecular formula is C10H20N2. The van der Waals surface area contributed by atoms with Gasteiger partial charge >= 0.3 is 0 Å². The molecule has 0 spiro atoms. The van der Waals surface area contributed by atoms with E-state index in [1.54, 1.807) is 0 Å². The third-order valence-corrected chi connectivity index (χ3v) is 1.85. The molecule has 0 radical (unpaired) electrons. The van der Waals surface area contributed by atoms with Crippen LogP contribution in [0.15, 0.2) is 25.3 Å². The van der Waals surface area contributed by atoms with Gasteiger partial charge in [-0.3, -0.25) is 4.90 Å². The van der Waals surface area contributed by atoms with Crippen molar-refractivity contribution in [3.8, 4) is 0 Å². The molecule has 0 aliphatic rings. The largest absolute Gasteiger partial charge is 0.318 e. The Morgan fingerprint density at radius 1 is 1.33 bits per heavy atom. The van der Waals surface area contributed by atoms with Crippen LogP contribution in [0.1, 0.15) is 6.92 Å². The number of hydrogen-bond acceptors (Lipinski definition) is 2. The van der Waals surface area contributed by atoms with Crippen molar-refractivity contribution in [2.75, 3.05) is 26.7 Å². The monoisotopic (exact) mass is 168 g/mol. The summed E-state index contributed by atoms with van der Waals surface area (Å²) in [5.74, 6) is 0. The number of hydrogen-bond donors (Lipinski definition) is 1. The first-order valence-electron chi connectivity index (χ1n) is 4.36. The van der Waals surface area contributed by atoms with Crippen molar-refractivity contribution in [3.63, 3.8) is 0 Å². The highest BCUT2D eigenvalue weighted by molar-refractivity contribution is 4.83. The van der Waals surface area contributed by atoms with E-state index in [1.807, 2.05) is 19.2 Å². The van der Waals surface area contributed by atoms with E-state index in [0.29, 0.717) is 6.04 Å². The van der Waals surface area contributed by atoms with Crippen LogP contribution in [0, 0.1) is 0 Å². The Bertz CT molecular complexity index is 122. The van der Waals surface area contributed by atoms with E-state index in [1.165, 1.54) is 0 Å². The maximum Gasteiger partial charge on any atom is 0.0198 e. The van der Waals surface area contributed by atoms with Gasteiger partial charge in [-0.05, 0) is 14.0 Å². The summed E-state index contributed by atoms with van der Waals surface area (Å²) >= 11 is 0. The van der Waals surface area contributed by atoms with Crippen molar-refractivity contribution in [2.45, 2.75) is 13.0 Å². The molecule has 0 aromatic heterocycles. The average molecular weight is 168 g/mol. The fraction of sp³-hybridized carbons (Fsp3) is 0.600. The van der Waals surface area contributed by atoms with Crippen molar-refractivity contribution in [1.29, 1.82) is 0 Å². The van der Waals surface area contributed by atoms with Gasteiger partial charge in [-0.25, -0.2) is 0 Å². The first-order valence-corrected chi connectivity index (χ1v) is 4.36. The maximum absolute atomic E-state index is 3.73. The number of rotatable bonds is 7. The summed E-state index contributed by atoms with van der Waals surface area (Å²) < 4.78 is 0. The summed E-state index contributed by atoms with van der Waals surface area (Å²) in [6, 6.07) is 0.533. The highest BCUT2D eigenvalue weighted by Crippen LogP contribution is 1.97. The zero-order valence-corrected chi connectivity index (χ0v) is 8.21. The molecule has 0 rings (SSSR count). The molecule has 1 N–H and O–H groups in total. The molecule has 0 aromatic rings. The molecule has 0 saturated heterocycles. The van der Waals surface area contributed by atoms with Crippen LogP contribution in [-0.2, 0) is 0 Å². The van der Waals surface area contributed by atoms with Crippen molar-refractivity contribution >= 4 is 0 Å². The van der Waals surface area contributed by atoms with Gasteiger partial charge in [-0.1, -0.05) is 12.2 Å². The minimum absolute atomic E-state index is 0.533. The third kappa shape index (κ3) is 4.31. The highest BCUT2D eigenvalue weighted by atomic mass is 15.2. The lowest BCUT2D eigenvalue weighted by Crippen LogP contribution is -2.39. The van der Waals surface area contributed by atoms with Gasteiger partial charge in [-0.2, -0.15) is 0 Å². The van der Waals surface area contributed by atoms with Gasteiger partial charge in [0.1, 0.15) is 0 Å². The van der Waals surface area contributed by atoms with E-state index in [-0.39, 0.29) is 0 Å². The number of likely N-dealkylation sites (N-methyl/N-ethyl adjacent to an activating group) is 1. The molecule has 0 aliphatic carbocycles. The predicted octanol–water partition coefficient (Wildman–Crippen LogP) is 1.27. The van der Waals surface area contributed by atoms with Gasteiger partial charge in [0, 0.05) is 25.7 Å². The minimum atomic E-state index is 0.533. The molecule has 0 bridgehead atoms. The van der Waals surface area contributed by atoms with Crippen LogP contribution in [0.5, 0.6) is 0 Å². The average Bonchev–Trinajstić information content (AvgIpc) is 2.04. The maximum atomic E-state index is 3.73. The van der Waals surface area contributed by atoms with Crippen molar-refractivity contribution in [2.24, 2.45) is 0 Å². The van der Waals surface area contributed by atoms with Crippen LogP contribution in [-0.4, -0.2) is 37.6 Å². The van der Waals surface area contributed by atoms with E-state index >= 15 is 0 Å². The summed E-state index contributed by atoms with van der Waals surface area (Å²) in [5.41, 5.74) is 0. The zero-order chi connectivity index (χ0) is 9.40. The quantitative estimate of drug-likeness (QED) is 0.576. The van der Waals surface area contributed by atoms with Gasteiger partial charge in [0.2, 0.25) is 0 Å². The SMILES string of the molecule is C=CCN(CC=C)C(C)CNC. The summed E-state index contributed by atoms with van der Waals surface area (Å²) in [6.45, 7) is 12.5. The number of nitrogens with zero attached hydrogens (tertiary/aromatic N) is 1. The Kier molecular flexibility index (Phi) is 6.72. The summed E-state index contributed by atoms with van der Waals surface area (Å²) in [5, 5.41) is 3.15. The lowest BCUT2D eigenvalue weighted by Gasteiger charge is -2.26. The lowest BCUT2D eigenvalue weighted by atomic mass is 10.2. The summed E-state index contributed by atoms with van der Waals surface area (Å²) in [7, 11) is 1.97. The molecule has 1 atom stereocenters. The van der Waals surface area contributed by atoms with Crippen LogP contribution in [0.4, 0.5) is 0 Å². The van der Waals surface area contributed by atoms with Crippen molar-refractivity contribution in [1.82, 2.24) is 10.2 Å². The molecular weight excluding hydrogens is 148 g/mol. The predicted molar refractivity (Wildman–Crippen MR) is 55.4 cm³/mol. The second-order valence-corrected chi connectivity index (χ2v) is 2.94. The highest BCUT2D eigenvalue weighted by Gasteiger charge is 2.08. The first kappa shape index (κ1) is 11.4. The van der Waals surface area contributed by atoms with Crippen LogP contribution in [0.3, 0.4) is 0 Å². The van der Waals surface area contributed by atoms with Gasteiger partial charge in [0.25, 0.3) is 0 Å².